The lowest BCUT2D eigenvalue weighted by molar-refractivity contribution is -0.122. The monoisotopic (exact) mass is 242 g/mol. The standard InChI is InChI=1S/C17H22O/c1-13(18)17(10-4-5-11-17)16-9-8-14-6-2-3-7-15(14)12-16/h8-9,12H,2-7,10-11H2,1H3. The van der Waals surface area contributed by atoms with Crippen molar-refractivity contribution < 1.29 is 4.79 Å². The Hall–Kier alpha value is -1.11. The third-order valence-electron chi connectivity index (χ3n) is 5.03. The van der Waals surface area contributed by atoms with Crippen LogP contribution in [0.2, 0.25) is 0 Å². The van der Waals surface area contributed by atoms with Gasteiger partial charge in [0, 0.05) is 0 Å². The first-order valence-electron chi connectivity index (χ1n) is 7.36. The molecule has 1 saturated carbocycles. The maximum Gasteiger partial charge on any atom is 0.140 e. The minimum absolute atomic E-state index is 0.146. The second-order valence-corrected chi connectivity index (χ2v) is 6.04. The summed E-state index contributed by atoms with van der Waals surface area (Å²) < 4.78 is 0. The van der Waals surface area contributed by atoms with Gasteiger partial charge in [-0.3, -0.25) is 4.79 Å². The van der Waals surface area contributed by atoms with Crippen molar-refractivity contribution in [3.8, 4) is 0 Å². The molecule has 0 unspecified atom stereocenters. The highest BCUT2D eigenvalue weighted by Gasteiger charge is 2.40. The van der Waals surface area contributed by atoms with E-state index in [1.807, 2.05) is 0 Å². The van der Waals surface area contributed by atoms with E-state index in [4.69, 9.17) is 0 Å². The number of carbonyl (C=O) groups excluding carboxylic acids is 1. The van der Waals surface area contributed by atoms with Crippen LogP contribution in [0.1, 0.15) is 62.1 Å². The van der Waals surface area contributed by atoms with E-state index < -0.39 is 0 Å². The topological polar surface area (TPSA) is 17.1 Å². The van der Waals surface area contributed by atoms with Crippen LogP contribution in [-0.2, 0) is 23.1 Å². The summed E-state index contributed by atoms with van der Waals surface area (Å²) in [4.78, 5) is 12.1. The molecule has 0 saturated heterocycles. The molecule has 0 radical (unpaired) electrons. The zero-order valence-electron chi connectivity index (χ0n) is 11.3. The SMILES string of the molecule is CC(=O)C1(c2ccc3c(c2)CCCC3)CCCC1. The Balaban J connectivity index is 2.02. The Morgan fingerprint density at radius 3 is 2.33 bits per heavy atom. The fourth-order valence-electron chi connectivity index (χ4n) is 3.85. The Morgan fingerprint density at radius 1 is 1.00 bits per heavy atom. The minimum Gasteiger partial charge on any atom is -0.299 e. The van der Waals surface area contributed by atoms with Gasteiger partial charge in [-0.25, -0.2) is 0 Å². The molecule has 1 aromatic rings. The molecule has 0 aromatic heterocycles. The fourth-order valence-corrected chi connectivity index (χ4v) is 3.85. The molecule has 0 N–H and O–H groups in total. The number of Topliss-reactive ketones (excluding diaryl/α,β-unsaturated/α-hetero) is 1. The summed E-state index contributed by atoms with van der Waals surface area (Å²) in [6, 6.07) is 6.87. The molecule has 1 aromatic carbocycles. The van der Waals surface area contributed by atoms with Gasteiger partial charge in [-0.15, -0.1) is 0 Å². The first-order chi connectivity index (χ1) is 8.72. The van der Waals surface area contributed by atoms with E-state index in [9.17, 15) is 4.79 Å². The van der Waals surface area contributed by atoms with E-state index in [1.165, 1.54) is 55.2 Å². The summed E-state index contributed by atoms with van der Waals surface area (Å²) in [5, 5.41) is 0. The molecule has 1 heteroatoms. The first-order valence-corrected chi connectivity index (χ1v) is 7.36. The van der Waals surface area contributed by atoms with Gasteiger partial charge in [0.2, 0.25) is 0 Å². The third-order valence-corrected chi connectivity index (χ3v) is 5.03. The number of rotatable bonds is 2. The molecule has 1 nitrogen and oxygen atoms in total. The quantitative estimate of drug-likeness (QED) is 0.767. The van der Waals surface area contributed by atoms with Crippen LogP contribution in [-0.4, -0.2) is 5.78 Å². The molecule has 0 spiro atoms. The fraction of sp³-hybridized carbons (Fsp3) is 0.588. The lowest BCUT2D eigenvalue weighted by Crippen LogP contribution is -2.31. The third kappa shape index (κ3) is 1.81. The largest absolute Gasteiger partial charge is 0.299 e. The highest BCUT2D eigenvalue weighted by Crippen LogP contribution is 2.42. The maximum atomic E-state index is 12.1. The number of hydrogen-bond acceptors (Lipinski definition) is 1. The van der Waals surface area contributed by atoms with Gasteiger partial charge in [-0.1, -0.05) is 31.0 Å². The number of fused-ring (bicyclic) bond motifs is 1. The second-order valence-electron chi connectivity index (χ2n) is 6.04. The van der Waals surface area contributed by atoms with Gasteiger partial charge < -0.3 is 0 Å². The predicted octanol–water partition coefficient (Wildman–Crippen LogP) is 3.97. The van der Waals surface area contributed by atoms with Gasteiger partial charge in [-0.05, 0) is 62.1 Å². The lowest BCUT2D eigenvalue weighted by Gasteiger charge is -2.28. The summed E-state index contributed by atoms with van der Waals surface area (Å²) in [5.41, 5.74) is 4.17. The summed E-state index contributed by atoms with van der Waals surface area (Å²) in [6.45, 7) is 1.78. The molecule has 0 bridgehead atoms. The average Bonchev–Trinajstić information content (AvgIpc) is 2.89. The number of benzene rings is 1. The summed E-state index contributed by atoms with van der Waals surface area (Å²) in [6.07, 6.45) is 9.59. The van der Waals surface area contributed by atoms with Crippen molar-refractivity contribution in [1.82, 2.24) is 0 Å². The van der Waals surface area contributed by atoms with Gasteiger partial charge in [0.1, 0.15) is 5.78 Å². The number of aryl methyl sites for hydroxylation is 2. The van der Waals surface area contributed by atoms with E-state index in [1.54, 1.807) is 6.92 Å². The van der Waals surface area contributed by atoms with Crippen LogP contribution in [0.3, 0.4) is 0 Å². The van der Waals surface area contributed by atoms with Crippen molar-refractivity contribution in [2.24, 2.45) is 0 Å². The van der Waals surface area contributed by atoms with Gasteiger partial charge in [0.25, 0.3) is 0 Å². The molecule has 1 fully saturated rings. The second kappa shape index (κ2) is 4.53. The molecule has 2 aliphatic rings. The van der Waals surface area contributed by atoms with Crippen molar-refractivity contribution in [3.63, 3.8) is 0 Å². The van der Waals surface area contributed by atoms with Crippen molar-refractivity contribution in [2.75, 3.05) is 0 Å². The van der Waals surface area contributed by atoms with Crippen LogP contribution >= 0.6 is 0 Å². The van der Waals surface area contributed by atoms with Gasteiger partial charge in [-0.2, -0.15) is 0 Å². The zero-order chi connectivity index (χ0) is 12.6. The van der Waals surface area contributed by atoms with E-state index in [0.29, 0.717) is 5.78 Å². The number of carbonyl (C=O) groups is 1. The van der Waals surface area contributed by atoms with Crippen molar-refractivity contribution in [1.29, 1.82) is 0 Å². The zero-order valence-corrected chi connectivity index (χ0v) is 11.3. The van der Waals surface area contributed by atoms with Crippen LogP contribution in [0.4, 0.5) is 0 Å². The van der Waals surface area contributed by atoms with Crippen molar-refractivity contribution >= 4 is 5.78 Å². The first kappa shape index (κ1) is 12.0. The Kier molecular flexibility index (Phi) is 3.01. The van der Waals surface area contributed by atoms with Gasteiger partial charge in [0.05, 0.1) is 5.41 Å². The van der Waals surface area contributed by atoms with Crippen LogP contribution in [0.15, 0.2) is 18.2 Å². The van der Waals surface area contributed by atoms with E-state index in [-0.39, 0.29) is 5.41 Å². The van der Waals surface area contributed by atoms with Crippen LogP contribution in [0.25, 0.3) is 0 Å². The summed E-state index contributed by atoms with van der Waals surface area (Å²) in [5.74, 6) is 0.371. The average molecular weight is 242 g/mol. The van der Waals surface area contributed by atoms with Crippen LogP contribution < -0.4 is 0 Å². The molecular weight excluding hydrogens is 220 g/mol. The van der Waals surface area contributed by atoms with E-state index in [0.717, 1.165) is 12.8 Å². The van der Waals surface area contributed by atoms with E-state index in [2.05, 4.69) is 18.2 Å². The number of hydrogen-bond donors (Lipinski definition) is 0. The molecule has 0 aliphatic heterocycles. The highest BCUT2D eigenvalue weighted by atomic mass is 16.1. The molecule has 0 heterocycles. The van der Waals surface area contributed by atoms with Crippen LogP contribution in [0, 0.1) is 0 Å². The normalized spacial score (nSPS) is 21.6. The lowest BCUT2D eigenvalue weighted by atomic mass is 9.74. The molecule has 0 amide bonds. The molecular formula is C17H22O. The molecule has 18 heavy (non-hydrogen) atoms. The van der Waals surface area contributed by atoms with E-state index >= 15 is 0 Å². The van der Waals surface area contributed by atoms with Crippen molar-refractivity contribution in [3.05, 3.63) is 34.9 Å². The predicted molar refractivity (Wildman–Crippen MR) is 73.9 cm³/mol. The minimum atomic E-state index is -0.146. The molecule has 3 rings (SSSR count). The highest BCUT2D eigenvalue weighted by molar-refractivity contribution is 5.88. The molecule has 96 valence electrons. The Bertz CT molecular complexity index is 466. The smallest absolute Gasteiger partial charge is 0.140 e. The molecule has 2 aliphatic carbocycles. The Labute approximate surface area is 110 Å². The summed E-state index contributed by atoms with van der Waals surface area (Å²) >= 11 is 0. The maximum absolute atomic E-state index is 12.1. The van der Waals surface area contributed by atoms with Crippen LogP contribution in [0.5, 0.6) is 0 Å². The Morgan fingerprint density at radius 2 is 1.67 bits per heavy atom. The summed E-state index contributed by atoms with van der Waals surface area (Å²) in [7, 11) is 0. The van der Waals surface area contributed by atoms with Gasteiger partial charge in [0.15, 0.2) is 0 Å². The van der Waals surface area contributed by atoms with Gasteiger partial charge >= 0.3 is 0 Å². The van der Waals surface area contributed by atoms with Crippen molar-refractivity contribution in [2.45, 2.75) is 63.7 Å². The number of ketones is 1. The molecule has 0 atom stereocenters.